The van der Waals surface area contributed by atoms with Crippen molar-refractivity contribution < 1.29 is 13.9 Å². The van der Waals surface area contributed by atoms with Gasteiger partial charge in [-0.05, 0) is 42.5 Å². The van der Waals surface area contributed by atoms with Crippen LogP contribution < -0.4 is 16.0 Å². The van der Waals surface area contributed by atoms with Crippen LogP contribution in [0.3, 0.4) is 0 Å². The summed E-state index contributed by atoms with van der Waals surface area (Å²) in [6.45, 7) is -0.171. The van der Waals surface area contributed by atoms with E-state index in [4.69, 9.17) is 10.5 Å². The van der Waals surface area contributed by atoms with Crippen LogP contribution in [0.15, 0.2) is 48.5 Å². The maximum atomic E-state index is 13.0. The van der Waals surface area contributed by atoms with Gasteiger partial charge in [0.2, 0.25) is 11.9 Å². The van der Waals surface area contributed by atoms with Crippen LogP contribution in [-0.4, -0.2) is 35.0 Å². The van der Waals surface area contributed by atoms with Crippen molar-refractivity contribution in [3.05, 3.63) is 65.7 Å². The van der Waals surface area contributed by atoms with E-state index in [1.54, 1.807) is 18.2 Å². The average Bonchev–Trinajstić information content (AvgIpc) is 2.67. The lowest BCUT2D eigenvalue weighted by molar-refractivity contribution is 0.0462. The van der Waals surface area contributed by atoms with E-state index in [0.717, 1.165) is 5.69 Å². The Morgan fingerprint density at radius 2 is 1.89 bits per heavy atom. The molecule has 0 atom stereocenters. The van der Waals surface area contributed by atoms with Gasteiger partial charge in [0.1, 0.15) is 5.82 Å². The Morgan fingerprint density at radius 3 is 2.61 bits per heavy atom. The van der Waals surface area contributed by atoms with E-state index in [0.29, 0.717) is 11.3 Å². The SMILES string of the molecule is CN(C)c1cccc(C(=O)OCc2nc(N)nc(Nc3ccc(F)cc3)n2)c1. The molecule has 2 aromatic carbocycles. The first-order chi connectivity index (χ1) is 13.4. The number of rotatable bonds is 6. The lowest BCUT2D eigenvalue weighted by Gasteiger charge is -2.13. The number of nitrogens with two attached hydrogens (primary N) is 1. The predicted octanol–water partition coefficient (Wildman–Crippen LogP) is 2.76. The van der Waals surface area contributed by atoms with Crippen molar-refractivity contribution in [2.24, 2.45) is 0 Å². The van der Waals surface area contributed by atoms with Crippen molar-refractivity contribution in [1.29, 1.82) is 0 Å². The predicted molar refractivity (Wildman–Crippen MR) is 104 cm³/mol. The Kier molecular flexibility index (Phi) is 5.64. The van der Waals surface area contributed by atoms with Gasteiger partial charge in [-0.15, -0.1) is 0 Å². The van der Waals surface area contributed by atoms with Gasteiger partial charge in [-0.2, -0.15) is 15.0 Å². The summed E-state index contributed by atoms with van der Waals surface area (Å²) in [5.41, 5.74) is 7.57. The van der Waals surface area contributed by atoms with Gasteiger partial charge in [0.05, 0.1) is 5.56 Å². The average molecular weight is 382 g/mol. The number of ether oxygens (including phenoxy) is 1. The van der Waals surface area contributed by atoms with E-state index in [1.165, 1.54) is 24.3 Å². The van der Waals surface area contributed by atoms with Gasteiger partial charge in [-0.3, -0.25) is 0 Å². The number of carbonyl (C=O) groups excluding carboxylic acids is 1. The largest absolute Gasteiger partial charge is 0.454 e. The number of aromatic nitrogens is 3. The third kappa shape index (κ3) is 4.91. The Bertz CT molecular complexity index is 978. The van der Waals surface area contributed by atoms with E-state index < -0.39 is 5.97 Å². The number of benzene rings is 2. The molecule has 28 heavy (non-hydrogen) atoms. The highest BCUT2D eigenvalue weighted by molar-refractivity contribution is 5.90. The summed E-state index contributed by atoms with van der Waals surface area (Å²) < 4.78 is 18.3. The zero-order valence-corrected chi connectivity index (χ0v) is 15.4. The van der Waals surface area contributed by atoms with Crippen molar-refractivity contribution in [3.8, 4) is 0 Å². The fourth-order valence-corrected chi connectivity index (χ4v) is 2.35. The maximum Gasteiger partial charge on any atom is 0.338 e. The van der Waals surface area contributed by atoms with Crippen LogP contribution in [0.2, 0.25) is 0 Å². The Morgan fingerprint density at radius 1 is 1.14 bits per heavy atom. The number of hydrogen-bond acceptors (Lipinski definition) is 8. The summed E-state index contributed by atoms with van der Waals surface area (Å²) in [6.07, 6.45) is 0. The molecular formula is C19H19FN6O2. The third-order valence-corrected chi connectivity index (χ3v) is 3.73. The van der Waals surface area contributed by atoms with Gasteiger partial charge in [-0.25, -0.2) is 9.18 Å². The zero-order valence-electron chi connectivity index (χ0n) is 15.4. The second-order valence-electron chi connectivity index (χ2n) is 6.09. The topological polar surface area (TPSA) is 106 Å². The summed E-state index contributed by atoms with van der Waals surface area (Å²) in [4.78, 5) is 26.3. The molecule has 144 valence electrons. The highest BCUT2D eigenvalue weighted by atomic mass is 19.1. The molecule has 0 spiro atoms. The number of halogens is 1. The molecule has 8 nitrogen and oxygen atoms in total. The molecule has 3 aromatic rings. The van der Waals surface area contributed by atoms with Gasteiger partial charge in [0, 0.05) is 25.5 Å². The number of anilines is 4. The van der Waals surface area contributed by atoms with Crippen molar-refractivity contribution in [3.63, 3.8) is 0 Å². The maximum absolute atomic E-state index is 13.0. The van der Waals surface area contributed by atoms with E-state index in [-0.39, 0.29) is 30.1 Å². The molecule has 0 aliphatic carbocycles. The molecule has 0 saturated carbocycles. The van der Waals surface area contributed by atoms with Gasteiger partial charge in [0.25, 0.3) is 0 Å². The first-order valence-corrected chi connectivity index (χ1v) is 8.38. The minimum atomic E-state index is -0.504. The monoisotopic (exact) mass is 382 g/mol. The number of hydrogen-bond donors (Lipinski definition) is 2. The van der Waals surface area contributed by atoms with Gasteiger partial charge in [-0.1, -0.05) is 6.07 Å². The third-order valence-electron chi connectivity index (χ3n) is 3.73. The van der Waals surface area contributed by atoms with Crippen LogP contribution in [0.1, 0.15) is 16.2 Å². The van der Waals surface area contributed by atoms with Gasteiger partial charge < -0.3 is 20.7 Å². The molecule has 0 saturated heterocycles. The molecule has 0 radical (unpaired) electrons. The highest BCUT2D eigenvalue weighted by Crippen LogP contribution is 2.16. The van der Waals surface area contributed by atoms with Crippen molar-refractivity contribution in [2.75, 3.05) is 30.0 Å². The van der Waals surface area contributed by atoms with E-state index in [1.807, 2.05) is 25.1 Å². The highest BCUT2D eigenvalue weighted by Gasteiger charge is 2.12. The molecule has 9 heteroatoms. The van der Waals surface area contributed by atoms with Crippen LogP contribution in [0.5, 0.6) is 0 Å². The Hall–Kier alpha value is -3.75. The number of carbonyl (C=O) groups is 1. The fourth-order valence-electron chi connectivity index (χ4n) is 2.35. The zero-order chi connectivity index (χ0) is 20.1. The van der Waals surface area contributed by atoms with Crippen molar-refractivity contribution >= 4 is 29.2 Å². The van der Waals surface area contributed by atoms with E-state index in [2.05, 4.69) is 20.3 Å². The molecule has 0 aliphatic rings. The number of nitrogen functional groups attached to an aromatic ring is 1. The minimum absolute atomic E-state index is 0.0275. The lowest BCUT2D eigenvalue weighted by atomic mass is 10.2. The molecule has 3 rings (SSSR count). The number of nitrogens with zero attached hydrogens (tertiary/aromatic N) is 4. The van der Waals surface area contributed by atoms with Gasteiger partial charge in [0.15, 0.2) is 12.4 Å². The summed E-state index contributed by atoms with van der Waals surface area (Å²) in [5.74, 6) is -0.531. The molecule has 0 bridgehead atoms. The van der Waals surface area contributed by atoms with Crippen LogP contribution in [0, 0.1) is 5.82 Å². The number of nitrogens with one attached hydrogen (secondary N) is 1. The molecule has 1 heterocycles. The van der Waals surface area contributed by atoms with Crippen LogP contribution in [0.25, 0.3) is 0 Å². The minimum Gasteiger partial charge on any atom is -0.454 e. The summed E-state index contributed by atoms with van der Waals surface area (Å²) in [7, 11) is 3.77. The summed E-state index contributed by atoms with van der Waals surface area (Å²) >= 11 is 0. The fraction of sp³-hybridized carbons (Fsp3) is 0.158. The molecule has 0 amide bonds. The molecule has 0 unspecified atom stereocenters. The van der Waals surface area contributed by atoms with Crippen molar-refractivity contribution in [1.82, 2.24) is 15.0 Å². The number of esters is 1. The lowest BCUT2D eigenvalue weighted by Crippen LogP contribution is -2.12. The molecular weight excluding hydrogens is 363 g/mol. The molecule has 1 aromatic heterocycles. The molecule has 3 N–H and O–H groups in total. The first-order valence-electron chi connectivity index (χ1n) is 8.38. The second kappa shape index (κ2) is 8.30. The smallest absolute Gasteiger partial charge is 0.338 e. The standard InChI is InChI=1S/C19H19FN6O2/c1-26(2)15-5-3-4-12(10-15)17(27)28-11-16-23-18(21)25-19(24-16)22-14-8-6-13(20)7-9-14/h3-10H,11H2,1-2H3,(H3,21,22,23,24,25). The second-order valence-corrected chi connectivity index (χ2v) is 6.09. The summed E-state index contributed by atoms with van der Waals surface area (Å²) in [6, 6.07) is 12.7. The first kappa shape index (κ1) is 19.0. The van der Waals surface area contributed by atoms with Crippen LogP contribution >= 0.6 is 0 Å². The van der Waals surface area contributed by atoms with Crippen LogP contribution in [-0.2, 0) is 11.3 Å². The van der Waals surface area contributed by atoms with Crippen LogP contribution in [0.4, 0.5) is 27.7 Å². The Balaban J connectivity index is 1.68. The van der Waals surface area contributed by atoms with Crippen molar-refractivity contribution in [2.45, 2.75) is 6.61 Å². The molecule has 0 aliphatic heterocycles. The molecule has 0 fully saturated rings. The quantitative estimate of drug-likeness (QED) is 0.627. The Labute approximate surface area is 161 Å². The summed E-state index contributed by atoms with van der Waals surface area (Å²) in [5, 5.41) is 2.90. The van der Waals surface area contributed by atoms with Gasteiger partial charge >= 0.3 is 5.97 Å². The van der Waals surface area contributed by atoms with E-state index >= 15 is 0 Å². The normalized spacial score (nSPS) is 10.4. The van der Waals surface area contributed by atoms with E-state index in [9.17, 15) is 9.18 Å².